The van der Waals surface area contributed by atoms with Gasteiger partial charge in [-0.2, -0.15) is 4.31 Å². The van der Waals surface area contributed by atoms with Gasteiger partial charge in [0.2, 0.25) is 10.0 Å². The Balaban J connectivity index is 1.49. The second-order valence-corrected chi connectivity index (χ2v) is 10.9. The molecule has 0 amide bonds. The largest absolute Gasteiger partial charge is 0.345 e. The van der Waals surface area contributed by atoms with Gasteiger partial charge in [-0.25, -0.2) is 17.8 Å². The highest BCUT2D eigenvalue weighted by Crippen LogP contribution is 2.33. The molecule has 0 unspecified atom stereocenters. The lowest BCUT2D eigenvalue weighted by Crippen LogP contribution is -2.48. The van der Waals surface area contributed by atoms with Gasteiger partial charge in [-0.15, -0.1) is 11.3 Å². The molecule has 5 nitrogen and oxygen atoms in total. The molecule has 0 saturated carbocycles. The van der Waals surface area contributed by atoms with Crippen LogP contribution in [0.2, 0.25) is 5.02 Å². The maximum Gasteiger partial charge on any atom is 0.243 e. The molecule has 1 aliphatic rings. The molecule has 2 heterocycles. The minimum Gasteiger partial charge on any atom is -0.345 e. The van der Waals surface area contributed by atoms with Crippen molar-refractivity contribution in [3.8, 4) is 11.3 Å². The fourth-order valence-electron chi connectivity index (χ4n) is 4.01. The topological polar surface area (TPSA) is 53.5 Å². The van der Waals surface area contributed by atoms with Crippen LogP contribution < -0.4 is 4.90 Å². The van der Waals surface area contributed by atoms with Crippen LogP contribution in [0.4, 0.5) is 9.52 Å². The van der Waals surface area contributed by atoms with Crippen LogP contribution in [0.15, 0.2) is 40.6 Å². The Bertz CT molecular complexity index is 1210. The monoisotopic (exact) mass is 479 g/mol. The first kappa shape index (κ1) is 22.2. The molecule has 2 aromatic carbocycles. The van der Waals surface area contributed by atoms with Gasteiger partial charge < -0.3 is 4.90 Å². The summed E-state index contributed by atoms with van der Waals surface area (Å²) in [4.78, 5) is 6.96. The third kappa shape index (κ3) is 4.35. The standard InChI is InChI=1S/C22H23ClFN3O2S2/c1-14-10-15(2)21(16(3)11-14)20-13-30-22(25-20)26-6-8-27(9-7-26)31(28,29)17-4-5-19(24)18(23)12-17/h4-5,10-13H,6-9H2,1-3H3. The molecule has 4 rings (SSSR count). The number of aryl methyl sites for hydroxylation is 3. The summed E-state index contributed by atoms with van der Waals surface area (Å²) < 4.78 is 40.6. The Morgan fingerprint density at radius 3 is 2.29 bits per heavy atom. The third-order valence-corrected chi connectivity index (χ3v) is 8.55. The highest BCUT2D eigenvalue weighted by Gasteiger charge is 2.30. The Morgan fingerprint density at radius 1 is 1.03 bits per heavy atom. The van der Waals surface area contributed by atoms with Crippen molar-refractivity contribution in [2.45, 2.75) is 25.7 Å². The number of anilines is 1. The summed E-state index contributed by atoms with van der Waals surface area (Å²) in [6, 6.07) is 7.82. The molecular weight excluding hydrogens is 457 g/mol. The molecule has 1 aromatic heterocycles. The number of thiazole rings is 1. The maximum atomic E-state index is 13.4. The fourth-order valence-corrected chi connectivity index (χ4v) is 6.58. The van der Waals surface area contributed by atoms with Crippen molar-refractivity contribution in [3.63, 3.8) is 0 Å². The average molecular weight is 480 g/mol. The van der Waals surface area contributed by atoms with Crippen LogP contribution in [0.3, 0.4) is 0 Å². The Hall–Kier alpha value is -2.00. The molecule has 0 radical (unpaired) electrons. The predicted octanol–water partition coefficient (Wildman–Crippen LogP) is 5.04. The van der Waals surface area contributed by atoms with Crippen molar-refractivity contribution in [3.05, 3.63) is 63.2 Å². The van der Waals surface area contributed by atoms with Gasteiger partial charge >= 0.3 is 0 Å². The smallest absolute Gasteiger partial charge is 0.243 e. The molecule has 0 bridgehead atoms. The third-order valence-electron chi connectivity index (χ3n) is 5.46. The summed E-state index contributed by atoms with van der Waals surface area (Å²) in [5.74, 6) is -0.635. The number of sulfonamides is 1. The molecule has 3 aromatic rings. The first-order chi connectivity index (χ1) is 14.7. The quantitative estimate of drug-likeness (QED) is 0.526. The summed E-state index contributed by atoms with van der Waals surface area (Å²) in [7, 11) is -3.72. The predicted molar refractivity (Wildman–Crippen MR) is 124 cm³/mol. The van der Waals surface area contributed by atoms with Gasteiger partial charge in [0.1, 0.15) is 5.82 Å². The summed E-state index contributed by atoms with van der Waals surface area (Å²) in [6.45, 7) is 8.01. The van der Waals surface area contributed by atoms with E-state index in [1.807, 2.05) is 0 Å². The summed E-state index contributed by atoms with van der Waals surface area (Å²) >= 11 is 7.34. The Kier molecular flexibility index (Phi) is 6.09. The molecule has 1 fully saturated rings. The molecular formula is C22H23ClFN3O2S2. The lowest BCUT2D eigenvalue weighted by molar-refractivity contribution is 0.384. The van der Waals surface area contributed by atoms with E-state index in [1.165, 1.54) is 27.1 Å². The summed E-state index contributed by atoms with van der Waals surface area (Å²) in [5.41, 5.74) is 5.73. The number of halogens is 2. The number of nitrogens with zero attached hydrogens (tertiary/aromatic N) is 3. The average Bonchev–Trinajstić information content (AvgIpc) is 3.19. The number of benzene rings is 2. The van der Waals surface area contributed by atoms with Crippen molar-refractivity contribution < 1.29 is 12.8 Å². The molecule has 0 aliphatic carbocycles. The van der Waals surface area contributed by atoms with Crippen LogP contribution in [0, 0.1) is 26.6 Å². The summed E-state index contributed by atoms with van der Waals surface area (Å²) in [6.07, 6.45) is 0. The van der Waals surface area contributed by atoms with E-state index >= 15 is 0 Å². The molecule has 164 valence electrons. The lowest BCUT2D eigenvalue weighted by Gasteiger charge is -2.33. The van der Waals surface area contributed by atoms with Gasteiger partial charge in [0, 0.05) is 37.1 Å². The molecule has 0 spiro atoms. The fraction of sp³-hybridized carbons (Fsp3) is 0.318. The van der Waals surface area contributed by atoms with Crippen LogP contribution in [-0.2, 0) is 10.0 Å². The first-order valence-corrected chi connectivity index (χ1v) is 12.6. The zero-order valence-electron chi connectivity index (χ0n) is 17.5. The number of aromatic nitrogens is 1. The van der Waals surface area contributed by atoms with Crippen LogP contribution >= 0.6 is 22.9 Å². The Labute approximate surface area is 191 Å². The highest BCUT2D eigenvalue weighted by molar-refractivity contribution is 7.89. The number of piperazine rings is 1. The van der Waals surface area contributed by atoms with Crippen molar-refractivity contribution in [1.29, 1.82) is 0 Å². The molecule has 0 atom stereocenters. The van der Waals surface area contributed by atoms with E-state index in [2.05, 4.69) is 43.2 Å². The number of hydrogen-bond donors (Lipinski definition) is 0. The van der Waals surface area contributed by atoms with Crippen LogP contribution in [0.1, 0.15) is 16.7 Å². The molecule has 1 saturated heterocycles. The number of rotatable bonds is 4. The SMILES string of the molecule is Cc1cc(C)c(-c2csc(N3CCN(S(=O)(=O)c4ccc(F)c(Cl)c4)CC3)n2)c(C)c1. The lowest BCUT2D eigenvalue weighted by atomic mass is 9.98. The zero-order chi connectivity index (χ0) is 22.3. The van der Waals surface area contributed by atoms with Crippen LogP contribution in [0.5, 0.6) is 0 Å². The maximum absolute atomic E-state index is 13.4. The number of hydrogen-bond acceptors (Lipinski definition) is 5. The van der Waals surface area contributed by atoms with E-state index in [9.17, 15) is 12.8 Å². The van der Waals surface area contributed by atoms with Gasteiger partial charge in [0.15, 0.2) is 5.13 Å². The first-order valence-electron chi connectivity index (χ1n) is 9.90. The van der Waals surface area contributed by atoms with Gasteiger partial charge in [-0.05, 0) is 50.1 Å². The van der Waals surface area contributed by atoms with Crippen molar-refractivity contribution in [2.75, 3.05) is 31.1 Å². The van der Waals surface area contributed by atoms with Crippen molar-refractivity contribution >= 4 is 38.1 Å². The van der Waals surface area contributed by atoms with Crippen molar-refractivity contribution in [1.82, 2.24) is 9.29 Å². The van der Waals surface area contributed by atoms with E-state index in [0.717, 1.165) is 28.5 Å². The summed E-state index contributed by atoms with van der Waals surface area (Å²) in [5, 5.41) is 2.75. The normalized spacial score (nSPS) is 15.5. The Morgan fingerprint density at radius 2 is 1.68 bits per heavy atom. The molecule has 9 heteroatoms. The minimum atomic E-state index is -3.72. The van der Waals surface area contributed by atoms with Gasteiger partial charge in [-0.3, -0.25) is 0 Å². The molecule has 1 aliphatic heterocycles. The van der Waals surface area contributed by atoms with Gasteiger partial charge in [-0.1, -0.05) is 29.3 Å². The zero-order valence-corrected chi connectivity index (χ0v) is 19.9. The van der Waals surface area contributed by atoms with E-state index in [4.69, 9.17) is 16.6 Å². The van der Waals surface area contributed by atoms with E-state index < -0.39 is 15.8 Å². The molecule has 0 N–H and O–H groups in total. The van der Waals surface area contributed by atoms with E-state index in [0.29, 0.717) is 26.2 Å². The second-order valence-electron chi connectivity index (χ2n) is 7.76. The minimum absolute atomic E-state index is 0.00852. The van der Waals surface area contributed by atoms with Gasteiger partial charge in [0.25, 0.3) is 0 Å². The van der Waals surface area contributed by atoms with Crippen LogP contribution in [0.25, 0.3) is 11.3 Å². The van der Waals surface area contributed by atoms with Gasteiger partial charge in [0.05, 0.1) is 15.6 Å². The second kappa shape index (κ2) is 8.50. The molecule has 31 heavy (non-hydrogen) atoms. The van der Waals surface area contributed by atoms with Crippen LogP contribution in [-0.4, -0.2) is 43.9 Å². The van der Waals surface area contributed by atoms with E-state index in [-0.39, 0.29) is 9.92 Å². The highest BCUT2D eigenvalue weighted by atomic mass is 35.5. The van der Waals surface area contributed by atoms with E-state index in [1.54, 1.807) is 11.3 Å². The van der Waals surface area contributed by atoms with Crippen molar-refractivity contribution in [2.24, 2.45) is 0 Å².